The third kappa shape index (κ3) is 2.82. The van der Waals surface area contributed by atoms with Crippen molar-refractivity contribution in [2.75, 3.05) is 0 Å². The highest BCUT2D eigenvalue weighted by Gasteiger charge is 2.61. The predicted molar refractivity (Wildman–Crippen MR) is 103 cm³/mol. The van der Waals surface area contributed by atoms with Gasteiger partial charge in [0, 0.05) is 12.8 Å². The molecular formula is C23H34O4. The van der Waals surface area contributed by atoms with Gasteiger partial charge in [0.1, 0.15) is 11.9 Å². The first-order chi connectivity index (χ1) is 12.7. The fraction of sp³-hybridized carbons (Fsp3) is 0.826. The van der Waals surface area contributed by atoms with Gasteiger partial charge < -0.3 is 9.84 Å². The lowest BCUT2D eigenvalue weighted by Crippen LogP contribution is -2.55. The van der Waals surface area contributed by atoms with Crippen LogP contribution in [-0.2, 0) is 14.3 Å². The number of hydrogen-bond acceptors (Lipinski definition) is 4. The summed E-state index contributed by atoms with van der Waals surface area (Å²) in [5.41, 5.74) is 1.25. The molecule has 27 heavy (non-hydrogen) atoms. The summed E-state index contributed by atoms with van der Waals surface area (Å²) in [5, 5.41) is 10.2. The summed E-state index contributed by atoms with van der Waals surface area (Å²) in [6.07, 6.45) is 8.31. The third-order valence-electron chi connectivity index (χ3n) is 8.88. The van der Waals surface area contributed by atoms with Crippen molar-refractivity contribution in [1.29, 1.82) is 0 Å². The lowest BCUT2D eigenvalue weighted by Gasteiger charge is -2.59. The quantitative estimate of drug-likeness (QED) is 0.585. The van der Waals surface area contributed by atoms with Crippen LogP contribution in [0.2, 0.25) is 0 Å². The van der Waals surface area contributed by atoms with Crippen molar-refractivity contribution in [3.63, 3.8) is 0 Å². The van der Waals surface area contributed by atoms with Gasteiger partial charge in [-0.3, -0.25) is 9.59 Å². The zero-order valence-corrected chi connectivity index (χ0v) is 17.2. The molecule has 0 amide bonds. The largest absolute Gasteiger partial charge is 0.458 e. The molecule has 0 aromatic carbocycles. The normalized spacial score (nSPS) is 48.7. The van der Waals surface area contributed by atoms with Crippen LogP contribution in [0.25, 0.3) is 0 Å². The number of Topliss-reactive ketones (excluding diaryl/α,β-unsaturated/α-hetero) is 1. The molecule has 1 N–H and O–H groups in total. The fourth-order valence-electron chi connectivity index (χ4n) is 7.71. The van der Waals surface area contributed by atoms with Gasteiger partial charge in [-0.2, -0.15) is 0 Å². The number of carbonyl (C=O) groups is 2. The van der Waals surface area contributed by atoms with Gasteiger partial charge in [0.25, 0.3) is 0 Å². The van der Waals surface area contributed by atoms with Crippen LogP contribution in [-0.4, -0.2) is 29.1 Å². The molecule has 0 heterocycles. The summed E-state index contributed by atoms with van der Waals surface area (Å²) < 4.78 is 5.79. The molecule has 0 bridgehead atoms. The molecule has 4 nitrogen and oxygen atoms in total. The zero-order chi connectivity index (χ0) is 19.6. The minimum Gasteiger partial charge on any atom is -0.458 e. The molecule has 0 saturated heterocycles. The Labute approximate surface area is 162 Å². The molecule has 0 aliphatic heterocycles. The maximum Gasteiger partial charge on any atom is 0.303 e. The average molecular weight is 375 g/mol. The second kappa shape index (κ2) is 6.43. The Morgan fingerprint density at radius 3 is 2.48 bits per heavy atom. The van der Waals surface area contributed by atoms with E-state index in [2.05, 4.69) is 13.8 Å². The summed E-state index contributed by atoms with van der Waals surface area (Å²) in [4.78, 5) is 24.1. The van der Waals surface area contributed by atoms with Crippen molar-refractivity contribution in [2.24, 2.45) is 34.5 Å². The lowest BCUT2D eigenvalue weighted by molar-refractivity contribution is -0.153. The number of aliphatic hydroxyl groups is 1. The number of hydrogen-bond donors (Lipinski definition) is 1. The minimum atomic E-state index is -0.426. The Kier molecular flexibility index (Phi) is 4.57. The monoisotopic (exact) mass is 374 g/mol. The highest BCUT2D eigenvalue weighted by Crippen LogP contribution is 2.67. The Balaban J connectivity index is 1.72. The molecule has 8 unspecified atom stereocenters. The number of esters is 1. The molecular weight excluding hydrogens is 340 g/mol. The highest BCUT2D eigenvalue weighted by molar-refractivity contribution is 5.79. The molecule has 4 aliphatic rings. The molecule has 150 valence electrons. The number of rotatable bonds is 2. The lowest BCUT2D eigenvalue weighted by atomic mass is 9.46. The van der Waals surface area contributed by atoms with E-state index in [9.17, 15) is 14.7 Å². The molecule has 4 aliphatic carbocycles. The van der Waals surface area contributed by atoms with Crippen LogP contribution in [0.5, 0.6) is 0 Å². The van der Waals surface area contributed by atoms with E-state index in [4.69, 9.17) is 4.74 Å². The number of fused-ring (bicyclic) bond motifs is 5. The smallest absolute Gasteiger partial charge is 0.303 e. The van der Waals surface area contributed by atoms with Crippen LogP contribution in [0.4, 0.5) is 0 Å². The fourth-order valence-corrected chi connectivity index (χ4v) is 7.71. The van der Waals surface area contributed by atoms with Gasteiger partial charge in [0.2, 0.25) is 0 Å². The Bertz CT molecular complexity index is 682. The second-order valence-electron chi connectivity index (χ2n) is 10.1. The molecule has 3 fully saturated rings. The third-order valence-corrected chi connectivity index (χ3v) is 8.88. The van der Waals surface area contributed by atoms with Crippen molar-refractivity contribution in [3.8, 4) is 0 Å². The average Bonchev–Trinajstić information content (AvgIpc) is 2.93. The van der Waals surface area contributed by atoms with Crippen molar-refractivity contribution in [1.82, 2.24) is 0 Å². The van der Waals surface area contributed by atoms with E-state index in [1.54, 1.807) is 6.92 Å². The molecule has 0 radical (unpaired) electrons. The number of ether oxygens (including phenoxy) is 1. The SMILES string of the molecule is CC(=O)OC1CC2C(CCC3(C)C(C(C)=O)CCC23)C2(C)CCC(O)C=C12. The maximum absolute atomic E-state index is 12.3. The topological polar surface area (TPSA) is 63.6 Å². The first-order valence-corrected chi connectivity index (χ1v) is 10.7. The van der Waals surface area contributed by atoms with Crippen molar-refractivity contribution in [3.05, 3.63) is 11.6 Å². The van der Waals surface area contributed by atoms with E-state index in [1.165, 1.54) is 6.92 Å². The van der Waals surface area contributed by atoms with Crippen LogP contribution in [0.3, 0.4) is 0 Å². The van der Waals surface area contributed by atoms with Crippen LogP contribution in [0.15, 0.2) is 11.6 Å². The van der Waals surface area contributed by atoms with Crippen LogP contribution in [0, 0.1) is 34.5 Å². The first-order valence-electron chi connectivity index (χ1n) is 10.7. The summed E-state index contributed by atoms with van der Waals surface area (Å²) in [6, 6.07) is 0. The van der Waals surface area contributed by atoms with Crippen LogP contribution >= 0.6 is 0 Å². The molecule has 0 aromatic rings. The highest BCUT2D eigenvalue weighted by atomic mass is 16.5. The summed E-state index contributed by atoms with van der Waals surface area (Å²) in [6.45, 7) is 7.91. The summed E-state index contributed by atoms with van der Waals surface area (Å²) in [7, 11) is 0. The summed E-state index contributed by atoms with van der Waals surface area (Å²) >= 11 is 0. The van der Waals surface area contributed by atoms with Gasteiger partial charge in [-0.25, -0.2) is 0 Å². The van der Waals surface area contributed by atoms with E-state index >= 15 is 0 Å². The molecule has 4 rings (SSSR count). The molecule has 0 spiro atoms. The maximum atomic E-state index is 12.3. The van der Waals surface area contributed by atoms with Crippen molar-refractivity contribution < 1.29 is 19.4 Å². The van der Waals surface area contributed by atoms with Crippen LogP contribution in [0.1, 0.15) is 72.6 Å². The van der Waals surface area contributed by atoms with Gasteiger partial charge in [-0.1, -0.05) is 19.9 Å². The van der Waals surface area contributed by atoms with Gasteiger partial charge in [0.15, 0.2) is 0 Å². The number of aliphatic hydroxyl groups excluding tert-OH is 1. The first kappa shape index (κ1) is 19.2. The molecule has 8 atom stereocenters. The summed E-state index contributed by atoms with van der Waals surface area (Å²) in [5.74, 6) is 1.88. The molecule has 4 heteroatoms. The number of carbonyl (C=O) groups excluding carboxylic acids is 2. The Hall–Kier alpha value is -1.16. The molecule has 3 saturated carbocycles. The molecule has 0 aromatic heterocycles. The zero-order valence-electron chi connectivity index (χ0n) is 17.2. The predicted octanol–water partition coefficient (Wildman–Crippen LogP) is 4.06. The van der Waals surface area contributed by atoms with Gasteiger partial charge in [-0.15, -0.1) is 0 Å². The Morgan fingerprint density at radius 2 is 1.81 bits per heavy atom. The van der Waals surface area contributed by atoms with E-state index in [0.29, 0.717) is 23.5 Å². The Morgan fingerprint density at radius 1 is 1.07 bits per heavy atom. The van der Waals surface area contributed by atoms with Crippen molar-refractivity contribution >= 4 is 11.8 Å². The van der Waals surface area contributed by atoms with E-state index in [-0.39, 0.29) is 28.8 Å². The van der Waals surface area contributed by atoms with Crippen molar-refractivity contribution in [2.45, 2.75) is 84.8 Å². The van der Waals surface area contributed by atoms with Gasteiger partial charge in [-0.05, 0) is 86.0 Å². The second-order valence-corrected chi connectivity index (χ2v) is 10.1. The minimum absolute atomic E-state index is 0.00208. The van der Waals surface area contributed by atoms with E-state index in [1.807, 2.05) is 6.08 Å². The van der Waals surface area contributed by atoms with Gasteiger partial charge >= 0.3 is 5.97 Å². The standard InChI is InChI=1S/C23H34O4/c1-13(24)17-5-6-18-16-12-21(27-14(2)25)20-11-15(26)7-9-23(20,4)19(16)8-10-22(17,18)3/h11,15-19,21,26H,5-10,12H2,1-4H3. The number of ketones is 1. The van der Waals surface area contributed by atoms with E-state index in [0.717, 1.165) is 50.5 Å². The van der Waals surface area contributed by atoms with E-state index < -0.39 is 6.10 Å². The van der Waals surface area contributed by atoms with Crippen LogP contribution < -0.4 is 0 Å². The van der Waals surface area contributed by atoms with Gasteiger partial charge in [0.05, 0.1) is 6.10 Å².